The van der Waals surface area contributed by atoms with Crippen LogP contribution >= 0.6 is 0 Å². The molecule has 2 nitrogen and oxygen atoms in total. The smallest absolute Gasteiger partial charge is 0.200 e. The SMILES string of the molecule is C=C/C(C)=C/S(=O)(=O)c1ccccc1. The van der Waals surface area contributed by atoms with Gasteiger partial charge in [0.15, 0.2) is 9.84 Å². The van der Waals surface area contributed by atoms with Gasteiger partial charge in [-0.25, -0.2) is 8.42 Å². The molecule has 0 aliphatic rings. The van der Waals surface area contributed by atoms with Crippen LogP contribution < -0.4 is 0 Å². The number of hydrogen-bond donors (Lipinski definition) is 0. The highest BCUT2D eigenvalue weighted by atomic mass is 32.2. The first-order valence-electron chi connectivity index (χ1n) is 4.17. The van der Waals surface area contributed by atoms with Crippen LogP contribution in [0.2, 0.25) is 0 Å². The Labute approximate surface area is 84.5 Å². The van der Waals surface area contributed by atoms with Gasteiger partial charge in [0.1, 0.15) is 0 Å². The second kappa shape index (κ2) is 4.24. The van der Waals surface area contributed by atoms with Crippen molar-refractivity contribution in [1.29, 1.82) is 0 Å². The van der Waals surface area contributed by atoms with E-state index in [-0.39, 0.29) is 0 Å². The Kier molecular flexibility index (Phi) is 3.25. The van der Waals surface area contributed by atoms with Gasteiger partial charge in [-0.15, -0.1) is 0 Å². The summed E-state index contributed by atoms with van der Waals surface area (Å²) in [5.41, 5.74) is 0.633. The second-order valence-corrected chi connectivity index (χ2v) is 4.72. The van der Waals surface area contributed by atoms with Crippen LogP contribution in [0.3, 0.4) is 0 Å². The molecule has 0 aromatic heterocycles. The Morgan fingerprint density at radius 2 is 1.86 bits per heavy atom. The molecule has 0 N–H and O–H groups in total. The summed E-state index contributed by atoms with van der Waals surface area (Å²) in [7, 11) is -3.30. The molecule has 0 bridgehead atoms. The molecule has 1 rings (SSSR count). The van der Waals surface area contributed by atoms with Crippen molar-refractivity contribution in [3.63, 3.8) is 0 Å². The first-order valence-corrected chi connectivity index (χ1v) is 5.72. The maximum Gasteiger partial charge on any atom is 0.200 e. The Balaban J connectivity index is 3.17. The first kappa shape index (κ1) is 10.7. The highest BCUT2D eigenvalue weighted by molar-refractivity contribution is 7.94. The molecule has 14 heavy (non-hydrogen) atoms. The molecule has 0 saturated heterocycles. The van der Waals surface area contributed by atoms with Gasteiger partial charge >= 0.3 is 0 Å². The van der Waals surface area contributed by atoms with Crippen molar-refractivity contribution in [2.24, 2.45) is 0 Å². The van der Waals surface area contributed by atoms with E-state index in [0.717, 1.165) is 0 Å². The lowest BCUT2D eigenvalue weighted by Gasteiger charge is -1.98. The van der Waals surface area contributed by atoms with E-state index >= 15 is 0 Å². The minimum Gasteiger partial charge on any atom is -0.219 e. The van der Waals surface area contributed by atoms with Crippen LogP contribution in [0.25, 0.3) is 0 Å². The minimum absolute atomic E-state index is 0.307. The van der Waals surface area contributed by atoms with Crippen LogP contribution in [-0.4, -0.2) is 8.42 Å². The molecule has 1 aromatic carbocycles. The van der Waals surface area contributed by atoms with Crippen LogP contribution in [0.15, 0.2) is 58.9 Å². The maximum atomic E-state index is 11.7. The number of hydrogen-bond acceptors (Lipinski definition) is 2. The number of allylic oxidation sites excluding steroid dienone is 2. The number of benzene rings is 1. The van der Waals surface area contributed by atoms with Gasteiger partial charge in [0, 0.05) is 5.41 Å². The Morgan fingerprint density at radius 1 is 1.29 bits per heavy atom. The third kappa shape index (κ3) is 2.57. The average molecular weight is 208 g/mol. The summed E-state index contributed by atoms with van der Waals surface area (Å²) >= 11 is 0. The van der Waals surface area contributed by atoms with Crippen molar-refractivity contribution in [1.82, 2.24) is 0 Å². The first-order chi connectivity index (χ1) is 6.56. The highest BCUT2D eigenvalue weighted by Crippen LogP contribution is 2.13. The standard InChI is InChI=1S/C11H12O2S/c1-3-10(2)9-14(12,13)11-7-5-4-6-8-11/h3-9H,1H2,2H3/b10-9+. The monoisotopic (exact) mass is 208 g/mol. The number of sulfone groups is 1. The van der Waals surface area contributed by atoms with Gasteiger partial charge in [0.25, 0.3) is 0 Å². The van der Waals surface area contributed by atoms with Crippen molar-refractivity contribution in [3.05, 3.63) is 54.0 Å². The lowest BCUT2D eigenvalue weighted by molar-refractivity contribution is 0.604. The molecule has 74 valence electrons. The molecule has 1 aromatic rings. The van der Waals surface area contributed by atoms with E-state index in [1.807, 2.05) is 0 Å². The molecule has 0 fully saturated rings. The normalized spacial score (nSPS) is 12.5. The predicted octanol–water partition coefficient (Wildman–Crippen LogP) is 2.55. The van der Waals surface area contributed by atoms with E-state index in [4.69, 9.17) is 0 Å². The van der Waals surface area contributed by atoms with Crippen LogP contribution in [0.5, 0.6) is 0 Å². The zero-order valence-electron chi connectivity index (χ0n) is 7.97. The molecule has 0 unspecified atom stereocenters. The quantitative estimate of drug-likeness (QED) is 0.715. The molecule has 0 aliphatic carbocycles. The predicted molar refractivity (Wildman–Crippen MR) is 57.6 cm³/mol. The third-order valence-electron chi connectivity index (χ3n) is 1.73. The highest BCUT2D eigenvalue weighted by Gasteiger charge is 2.09. The Hall–Kier alpha value is -1.35. The van der Waals surface area contributed by atoms with Crippen LogP contribution in [-0.2, 0) is 9.84 Å². The van der Waals surface area contributed by atoms with E-state index < -0.39 is 9.84 Å². The molecule has 0 heterocycles. The van der Waals surface area contributed by atoms with E-state index in [9.17, 15) is 8.42 Å². The van der Waals surface area contributed by atoms with Gasteiger partial charge in [-0.1, -0.05) is 30.9 Å². The Bertz CT molecular complexity index is 441. The molecular weight excluding hydrogens is 196 g/mol. The molecule has 0 amide bonds. The summed E-state index contributed by atoms with van der Waals surface area (Å²) in [6.45, 7) is 5.21. The summed E-state index contributed by atoms with van der Waals surface area (Å²) in [5, 5.41) is 1.22. The summed E-state index contributed by atoms with van der Waals surface area (Å²) in [6, 6.07) is 8.32. The summed E-state index contributed by atoms with van der Waals surface area (Å²) in [5.74, 6) is 0. The fraction of sp³-hybridized carbons (Fsp3) is 0.0909. The molecule has 0 atom stereocenters. The topological polar surface area (TPSA) is 34.1 Å². The zero-order valence-corrected chi connectivity index (χ0v) is 8.79. The van der Waals surface area contributed by atoms with E-state index in [0.29, 0.717) is 10.5 Å². The van der Waals surface area contributed by atoms with Crippen molar-refractivity contribution >= 4 is 9.84 Å². The summed E-state index contributed by atoms with van der Waals surface area (Å²) in [4.78, 5) is 0.307. The van der Waals surface area contributed by atoms with Crippen molar-refractivity contribution in [2.45, 2.75) is 11.8 Å². The van der Waals surface area contributed by atoms with Gasteiger partial charge in [-0.3, -0.25) is 0 Å². The zero-order chi connectivity index (χ0) is 10.6. The van der Waals surface area contributed by atoms with E-state index in [1.165, 1.54) is 11.5 Å². The fourth-order valence-electron chi connectivity index (χ4n) is 0.971. The van der Waals surface area contributed by atoms with Gasteiger partial charge in [-0.2, -0.15) is 0 Å². The van der Waals surface area contributed by atoms with Crippen molar-refractivity contribution in [3.8, 4) is 0 Å². The minimum atomic E-state index is -3.30. The fourth-order valence-corrected chi connectivity index (χ4v) is 2.23. The molecule has 0 spiro atoms. The molecule has 0 saturated carbocycles. The lowest BCUT2D eigenvalue weighted by atomic mass is 10.4. The number of rotatable bonds is 3. The summed E-state index contributed by atoms with van der Waals surface area (Å²) < 4.78 is 23.4. The van der Waals surface area contributed by atoms with E-state index in [1.54, 1.807) is 37.3 Å². The molecule has 0 radical (unpaired) electrons. The van der Waals surface area contributed by atoms with Crippen molar-refractivity contribution < 1.29 is 8.42 Å². The van der Waals surface area contributed by atoms with Gasteiger partial charge in [-0.05, 0) is 24.6 Å². The lowest BCUT2D eigenvalue weighted by Crippen LogP contribution is -1.96. The summed E-state index contributed by atoms with van der Waals surface area (Å²) in [6.07, 6.45) is 1.51. The van der Waals surface area contributed by atoms with Crippen LogP contribution in [0.4, 0.5) is 0 Å². The molecule has 0 aliphatic heterocycles. The van der Waals surface area contributed by atoms with Crippen molar-refractivity contribution in [2.75, 3.05) is 0 Å². The average Bonchev–Trinajstić information content (AvgIpc) is 2.18. The second-order valence-electron chi connectivity index (χ2n) is 2.92. The van der Waals surface area contributed by atoms with Gasteiger partial charge in [0.05, 0.1) is 4.90 Å². The van der Waals surface area contributed by atoms with Gasteiger partial charge in [0.2, 0.25) is 0 Å². The van der Waals surface area contributed by atoms with Crippen LogP contribution in [0, 0.1) is 0 Å². The maximum absolute atomic E-state index is 11.7. The van der Waals surface area contributed by atoms with Crippen LogP contribution in [0.1, 0.15) is 6.92 Å². The van der Waals surface area contributed by atoms with E-state index in [2.05, 4.69) is 6.58 Å². The third-order valence-corrected chi connectivity index (χ3v) is 3.35. The van der Waals surface area contributed by atoms with Gasteiger partial charge < -0.3 is 0 Å². The molecular formula is C11H12O2S. The Morgan fingerprint density at radius 3 is 2.36 bits per heavy atom. The largest absolute Gasteiger partial charge is 0.219 e. The molecule has 3 heteroatoms.